The van der Waals surface area contributed by atoms with Crippen LogP contribution in [0.4, 0.5) is 17.1 Å². The molecule has 10 aromatic carbocycles. The third kappa shape index (κ3) is 5.36. The summed E-state index contributed by atoms with van der Waals surface area (Å²) in [5.74, 6) is 0. The van der Waals surface area contributed by atoms with Gasteiger partial charge in [0.25, 0.3) is 0 Å². The first-order valence-electron chi connectivity index (χ1n) is 26.7. The second-order valence-electron chi connectivity index (χ2n) is 23.9. The van der Waals surface area contributed by atoms with Gasteiger partial charge >= 0.3 is 0 Å². The summed E-state index contributed by atoms with van der Waals surface area (Å²) in [4.78, 5) is 2.54. The first kappa shape index (κ1) is 43.0. The summed E-state index contributed by atoms with van der Waals surface area (Å²) in [5, 5.41) is 4.93. The summed E-state index contributed by atoms with van der Waals surface area (Å²) in [6.45, 7) is 19.6. The Morgan fingerprint density at radius 1 is 0.280 bits per heavy atom. The van der Waals surface area contributed by atoms with Gasteiger partial charge in [-0.15, -0.1) is 0 Å². The lowest BCUT2D eigenvalue weighted by Gasteiger charge is -2.35. The molecule has 0 amide bonds. The Morgan fingerprint density at radius 3 is 1.11 bits per heavy atom. The van der Waals surface area contributed by atoms with E-state index in [0.717, 1.165) is 39.4 Å². The number of hydrogen-bond acceptors (Lipinski definition) is 3. The first-order valence-corrected chi connectivity index (χ1v) is 26.7. The predicted octanol–water partition coefficient (Wildman–Crippen LogP) is 19.8. The Kier molecular flexibility index (Phi) is 8.18. The van der Waals surface area contributed by atoms with Gasteiger partial charge in [0, 0.05) is 60.1 Å². The van der Waals surface area contributed by atoms with Crippen LogP contribution in [0.5, 0.6) is 0 Å². The SMILES string of the molecule is CC1(C)c2cc(N(c3ccc4c(c3)C(C)(C)c3c-4ccc4c3C(C)(C)c3cccc5oc6cccc-4c6c35)c3ccccc3-c3ccccc3)ccc2-c2ccc3c(c21)C(C)(C)c1cccc2oc4cccc-3c4c12. The van der Waals surface area contributed by atoms with Crippen LogP contribution in [0.3, 0.4) is 0 Å². The monoisotopic (exact) mass is 965 g/mol. The van der Waals surface area contributed by atoms with Crippen LogP contribution in [0.2, 0.25) is 0 Å². The largest absolute Gasteiger partial charge is 0.456 e. The molecule has 0 N–H and O–H groups in total. The minimum Gasteiger partial charge on any atom is -0.456 e. The molecule has 0 aliphatic heterocycles. The zero-order valence-corrected chi connectivity index (χ0v) is 43.7. The average Bonchev–Trinajstić information content (AvgIpc) is 4.20. The van der Waals surface area contributed by atoms with Crippen LogP contribution in [0.15, 0.2) is 197 Å². The van der Waals surface area contributed by atoms with Gasteiger partial charge in [-0.1, -0.05) is 189 Å². The molecule has 0 fully saturated rings. The Morgan fingerprint density at radius 2 is 0.640 bits per heavy atom. The van der Waals surface area contributed by atoms with Crippen LogP contribution in [0.1, 0.15) is 99.9 Å². The molecule has 0 bridgehead atoms. The van der Waals surface area contributed by atoms with Gasteiger partial charge < -0.3 is 13.7 Å². The number of hydrogen-bond donors (Lipinski definition) is 0. The molecule has 4 aliphatic carbocycles. The molecular weight excluding hydrogens is 911 g/mol. The van der Waals surface area contributed by atoms with Gasteiger partial charge in [0.1, 0.15) is 22.3 Å². The molecule has 0 radical (unpaired) electrons. The smallest absolute Gasteiger partial charge is 0.136 e. The van der Waals surface area contributed by atoms with Gasteiger partial charge in [0.05, 0.1) is 5.69 Å². The van der Waals surface area contributed by atoms with E-state index in [1.807, 2.05) is 0 Å². The first-order chi connectivity index (χ1) is 36.2. The minimum atomic E-state index is -0.327. The molecule has 2 heterocycles. The molecular formula is C72H55NO2. The zero-order valence-electron chi connectivity index (χ0n) is 43.7. The van der Waals surface area contributed by atoms with Crippen molar-refractivity contribution in [2.45, 2.75) is 77.0 Å². The predicted molar refractivity (Wildman–Crippen MR) is 311 cm³/mol. The standard InChI is InChI=1S/C72H55NO2/c1-69(2)52-23-16-28-59-63(52)61-46(21-14-26-57(61)74-59)50-36-34-48-44-32-30-41(38-54(44)71(5,6)65(48)67(50)69)73(56-25-13-12-20-43(56)40-18-10-9-11-19-40)42-31-33-45-49-35-37-51-47-22-15-27-58-62(47)64-53(24-17-29-60(64)75-58)70(3,4)68(51)66(49)72(7,8)55(45)39-42/h9-39H,1-8H3. The van der Waals surface area contributed by atoms with E-state index in [-0.39, 0.29) is 21.7 Å². The lowest BCUT2D eigenvalue weighted by atomic mass is 9.68. The molecule has 12 aromatic rings. The molecule has 2 aromatic heterocycles. The van der Waals surface area contributed by atoms with Crippen LogP contribution >= 0.6 is 0 Å². The van der Waals surface area contributed by atoms with E-state index >= 15 is 0 Å². The number of anilines is 3. The summed E-state index contributed by atoms with van der Waals surface area (Å²) in [7, 11) is 0. The Balaban J connectivity index is 0.890. The molecule has 0 unspecified atom stereocenters. The lowest BCUT2D eigenvalue weighted by molar-refractivity contribution is 0.593. The van der Waals surface area contributed by atoms with Gasteiger partial charge in [0.2, 0.25) is 0 Å². The molecule has 360 valence electrons. The summed E-state index contributed by atoms with van der Waals surface area (Å²) in [5.41, 5.74) is 29.6. The molecule has 0 atom stereocenters. The number of nitrogens with zero attached hydrogens (tertiary/aromatic N) is 1. The Hall–Kier alpha value is -8.40. The highest BCUT2D eigenvalue weighted by molar-refractivity contribution is 6.17. The molecule has 0 saturated carbocycles. The van der Waals surface area contributed by atoms with Crippen LogP contribution in [-0.4, -0.2) is 0 Å². The van der Waals surface area contributed by atoms with Gasteiger partial charge in [-0.05, 0) is 149 Å². The normalized spacial score (nSPS) is 16.2. The van der Waals surface area contributed by atoms with E-state index in [4.69, 9.17) is 8.83 Å². The van der Waals surface area contributed by atoms with Crippen molar-refractivity contribution in [3.05, 3.63) is 233 Å². The fraction of sp³-hybridized carbons (Fsp3) is 0.167. The minimum absolute atomic E-state index is 0.316. The maximum Gasteiger partial charge on any atom is 0.136 e. The van der Waals surface area contributed by atoms with E-state index in [2.05, 4.69) is 248 Å². The molecule has 75 heavy (non-hydrogen) atoms. The fourth-order valence-corrected chi connectivity index (χ4v) is 15.3. The third-order valence-corrected chi connectivity index (χ3v) is 18.6. The molecule has 3 heteroatoms. The molecule has 16 rings (SSSR count). The molecule has 0 saturated heterocycles. The Labute approximate surface area is 437 Å². The summed E-state index contributed by atoms with van der Waals surface area (Å²) in [6, 6.07) is 70.6. The van der Waals surface area contributed by atoms with Crippen molar-refractivity contribution in [1.82, 2.24) is 0 Å². The van der Waals surface area contributed by atoms with E-state index in [1.165, 1.54) is 122 Å². The van der Waals surface area contributed by atoms with Gasteiger partial charge in [-0.2, -0.15) is 0 Å². The topological polar surface area (TPSA) is 29.5 Å². The molecule has 4 aliphatic rings. The van der Waals surface area contributed by atoms with Crippen molar-refractivity contribution >= 4 is 60.9 Å². The van der Waals surface area contributed by atoms with Crippen molar-refractivity contribution < 1.29 is 8.83 Å². The van der Waals surface area contributed by atoms with Crippen molar-refractivity contribution in [2.75, 3.05) is 4.90 Å². The maximum atomic E-state index is 6.55. The van der Waals surface area contributed by atoms with E-state index in [9.17, 15) is 0 Å². The summed E-state index contributed by atoms with van der Waals surface area (Å²) in [6.07, 6.45) is 0. The second-order valence-corrected chi connectivity index (χ2v) is 23.9. The number of rotatable bonds is 4. The molecule has 0 spiro atoms. The van der Waals surface area contributed by atoms with Gasteiger partial charge in [-0.25, -0.2) is 0 Å². The lowest BCUT2D eigenvalue weighted by Crippen LogP contribution is -2.27. The number of benzene rings is 10. The summed E-state index contributed by atoms with van der Waals surface area (Å²) < 4.78 is 13.1. The van der Waals surface area contributed by atoms with Crippen LogP contribution in [-0.2, 0) is 21.7 Å². The highest BCUT2D eigenvalue weighted by Crippen LogP contribution is 2.62. The van der Waals surface area contributed by atoms with E-state index in [1.54, 1.807) is 0 Å². The van der Waals surface area contributed by atoms with Crippen LogP contribution < -0.4 is 4.90 Å². The van der Waals surface area contributed by atoms with Crippen molar-refractivity contribution in [3.63, 3.8) is 0 Å². The highest BCUT2D eigenvalue weighted by atomic mass is 16.3. The van der Waals surface area contributed by atoms with Gasteiger partial charge in [-0.3, -0.25) is 0 Å². The van der Waals surface area contributed by atoms with E-state index < -0.39 is 0 Å². The quantitative estimate of drug-likeness (QED) is 0.176. The average molecular weight is 966 g/mol. The second kappa shape index (κ2) is 14.3. The van der Waals surface area contributed by atoms with Crippen molar-refractivity contribution in [2.24, 2.45) is 0 Å². The number of para-hydroxylation sites is 1. The van der Waals surface area contributed by atoms with E-state index in [0.29, 0.717) is 0 Å². The number of fused-ring (bicyclic) bond motifs is 12. The van der Waals surface area contributed by atoms with Crippen LogP contribution in [0.25, 0.3) is 99.5 Å². The highest BCUT2D eigenvalue weighted by Gasteiger charge is 2.47. The number of furan rings is 2. The third-order valence-electron chi connectivity index (χ3n) is 18.6. The zero-order chi connectivity index (χ0) is 50.7. The van der Waals surface area contributed by atoms with Crippen LogP contribution in [0, 0.1) is 0 Å². The Bertz CT molecular complexity index is 4280. The van der Waals surface area contributed by atoms with Gasteiger partial charge in [0.15, 0.2) is 0 Å². The molecule has 3 nitrogen and oxygen atoms in total. The maximum absolute atomic E-state index is 6.55. The van der Waals surface area contributed by atoms with Crippen molar-refractivity contribution in [1.29, 1.82) is 0 Å². The fourth-order valence-electron chi connectivity index (χ4n) is 15.3. The van der Waals surface area contributed by atoms with Crippen molar-refractivity contribution in [3.8, 4) is 55.6 Å². The summed E-state index contributed by atoms with van der Waals surface area (Å²) >= 11 is 0.